The van der Waals surface area contributed by atoms with Gasteiger partial charge in [-0.3, -0.25) is 4.79 Å². The lowest BCUT2D eigenvalue weighted by Crippen LogP contribution is -2.54. The van der Waals surface area contributed by atoms with Crippen LogP contribution in [0.4, 0.5) is 5.69 Å². The number of amides is 1. The van der Waals surface area contributed by atoms with Gasteiger partial charge in [-0.1, -0.05) is 18.5 Å². The highest BCUT2D eigenvalue weighted by atomic mass is 35.5. The maximum atomic E-state index is 12.3. The van der Waals surface area contributed by atoms with Gasteiger partial charge in [0.05, 0.1) is 24.5 Å². The minimum atomic E-state index is -0.418. The molecule has 1 aliphatic rings. The van der Waals surface area contributed by atoms with Gasteiger partial charge < -0.3 is 15.0 Å². The maximum absolute atomic E-state index is 12.3. The third-order valence-electron chi connectivity index (χ3n) is 3.37. The Morgan fingerprint density at radius 3 is 3.14 bits per heavy atom. The zero-order valence-electron chi connectivity index (χ0n) is 11.9. The highest BCUT2D eigenvalue weighted by Gasteiger charge is 2.30. The lowest BCUT2D eigenvalue weighted by Gasteiger charge is -2.36. The van der Waals surface area contributed by atoms with Crippen LogP contribution in [0, 0.1) is 11.3 Å². The average molecular weight is 308 g/mol. The summed E-state index contributed by atoms with van der Waals surface area (Å²) in [4.78, 5) is 14.2. The Morgan fingerprint density at radius 1 is 1.62 bits per heavy atom. The number of nitriles is 1. The van der Waals surface area contributed by atoms with E-state index in [1.54, 1.807) is 18.2 Å². The van der Waals surface area contributed by atoms with Gasteiger partial charge in [0.1, 0.15) is 12.1 Å². The molecule has 1 aromatic rings. The van der Waals surface area contributed by atoms with Crippen LogP contribution >= 0.6 is 11.6 Å². The zero-order chi connectivity index (χ0) is 15.2. The average Bonchev–Trinajstić information content (AvgIpc) is 2.52. The molecule has 1 fully saturated rings. The number of ether oxygens (including phenoxy) is 1. The van der Waals surface area contributed by atoms with Gasteiger partial charge in [0.15, 0.2) is 0 Å². The first-order valence-corrected chi connectivity index (χ1v) is 7.37. The Hall–Kier alpha value is -1.77. The number of hydrogen-bond donors (Lipinski definition) is 1. The fourth-order valence-corrected chi connectivity index (χ4v) is 2.50. The zero-order valence-corrected chi connectivity index (χ0v) is 12.7. The van der Waals surface area contributed by atoms with E-state index in [4.69, 9.17) is 16.3 Å². The molecule has 1 aliphatic heterocycles. The molecule has 0 radical (unpaired) electrons. The summed E-state index contributed by atoms with van der Waals surface area (Å²) in [5, 5.41) is 12.7. The number of morpholine rings is 1. The van der Waals surface area contributed by atoms with Gasteiger partial charge in [0.25, 0.3) is 0 Å². The van der Waals surface area contributed by atoms with Gasteiger partial charge in [-0.2, -0.15) is 5.26 Å². The smallest absolute Gasteiger partial charge is 0.245 e. The number of nitrogens with one attached hydrogen (secondary N) is 1. The molecule has 1 aromatic carbocycles. The van der Waals surface area contributed by atoms with Crippen molar-refractivity contribution in [2.75, 3.05) is 31.2 Å². The van der Waals surface area contributed by atoms with Crippen molar-refractivity contribution in [2.24, 2.45) is 0 Å². The van der Waals surface area contributed by atoms with Crippen molar-refractivity contribution in [2.45, 2.75) is 19.4 Å². The molecule has 1 unspecified atom stereocenters. The molecule has 2 rings (SSSR count). The first-order chi connectivity index (χ1) is 10.2. The summed E-state index contributed by atoms with van der Waals surface area (Å²) in [6, 6.07) is 6.85. The van der Waals surface area contributed by atoms with Crippen LogP contribution in [0.2, 0.25) is 5.02 Å². The van der Waals surface area contributed by atoms with Gasteiger partial charge in [-0.15, -0.1) is 0 Å². The quantitative estimate of drug-likeness (QED) is 0.923. The molecule has 1 N–H and O–H groups in total. The number of carbonyl (C=O) groups is 1. The molecule has 0 aromatic heterocycles. The van der Waals surface area contributed by atoms with Crippen molar-refractivity contribution in [3.05, 3.63) is 28.8 Å². The molecule has 1 heterocycles. The molecule has 1 amide bonds. The van der Waals surface area contributed by atoms with Crippen LogP contribution in [-0.4, -0.2) is 38.3 Å². The Morgan fingerprint density at radius 2 is 2.43 bits per heavy atom. The molecule has 21 heavy (non-hydrogen) atoms. The van der Waals surface area contributed by atoms with Crippen LogP contribution in [-0.2, 0) is 9.53 Å². The number of anilines is 1. The van der Waals surface area contributed by atoms with Gasteiger partial charge in [0.2, 0.25) is 5.91 Å². The van der Waals surface area contributed by atoms with E-state index in [9.17, 15) is 10.1 Å². The molecule has 6 heteroatoms. The van der Waals surface area contributed by atoms with Gasteiger partial charge in [-0.25, -0.2) is 0 Å². The third kappa shape index (κ3) is 3.66. The largest absolute Gasteiger partial charge is 0.377 e. The first-order valence-electron chi connectivity index (χ1n) is 6.99. The van der Waals surface area contributed by atoms with Crippen molar-refractivity contribution in [1.29, 1.82) is 5.26 Å². The summed E-state index contributed by atoms with van der Waals surface area (Å²) in [5.74, 6) is -0.0737. The summed E-state index contributed by atoms with van der Waals surface area (Å²) in [7, 11) is 0. The van der Waals surface area contributed by atoms with Crippen LogP contribution < -0.4 is 10.2 Å². The second-order valence-electron chi connectivity index (χ2n) is 4.85. The van der Waals surface area contributed by atoms with Crippen molar-refractivity contribution >= 4 is 23.2 Å². The highest BCUT2D eigenvalue weighted by Crippen LogP contribution is 2.26. The fraction of sp³-hybridized carbons (Fsp3) is 0.467. The monoisotopic (exact) mass is 307 g/mol. The number of benzene rings is 1. The third-order valence-corrected chi connectivity index (χ3v) is 3.60. The maximum Gasteiger partial charge on any atom is 0.245 e. The van der Waals surface area contributed by atoms with Crippen LogP contribution in [0.5, 0.6) is 0 Å². The second-order valence-corrected chi connectivity index (χ2v) is 5.28. The Labute approximate surface area is 129 Å². The summed E-state index contributed by atoms with van der Waals surface area (Å²) >= 11 is 5.93. The van der Waals surface area contributed by atoms with Crippen molar-refractivity contribution in [3.8, 4) is 6.07 Å². The first kappa shape index (κ1) is 15.6. The number of nitrogens with zero attached hydrogens (tertiary/aromatic N) is 2. The lowest BCUT2D eigenvalue weighted by atomic mass is 10.1. The molecule has 5 nitrogen and oxygen atoms in total. The van der Waals surface area contributed by atoms with Crippen LogP contribution in [0.1, 0.15) is 18.9 Å². The van der Waals surface area contributed by atoms with E-state index >= 15 is 0 Å². The Kier molecular flexibility index (Phi) is 5.43. The summed E-state index contributed by atoms with van der Waals surface area (Å²) in [6.07, 6.45) is 0.879. The summed E-state index contributed by atoms with van der Waals surface area (Å²) in [6.45, 7) is 4.06. The van der Waals surface area contributed by atoms with E-state index in [-0.39, 0.29) is 5.91 Å². The Balaban J connectivity index is 2.27. The van der Waals surface area contributed by atoms with Gasteiger partial charge >= 0.3 is 0 Å². The van der Waals surface area contributed by atoms with Crippen molar-refractivity contribution in [1.82, 2.24) is 5.32 Å². The molecular weight excluding hydrogens is 290 g/mol. The topological polar surface area (TPSA) is 65.4 Å². The molecule has 1 atom stereocenters. The predicted molar refractivity (Wildman–Crippen MR) is 81.4 cm³/mol. The highest BCUT2D eigenvalue weighted by molar-refractivity contribution is 6.30. The minimum Gasteiger partial charge on any atom is -0.377 e. The van der Waals surface area contributed by atoms with Crippen LogP contribution in [0.15, 0.2) is 18.2 Å². The molecule has 112 valence electrons. The van der Waals surface area contributed by atoms with E-state index in [1.807, 2.05) is 11.8 Å². The number of hydrogen-bond acceptors (Lipinski definition) is 4. The minimum absolute atomic E-state index is 0.0737. The van der Waals surface area contributed by atoms with Crippen LogP contribution in [0.3, 0.4) is 0 Å². The summed E-state index contributed by atoms with van der Waals surface area (Å²) in [5.41, 5.74) is 1.19. The SMILES string of the molecule is CCCNC(=O)C1COCCN1c1ccc(Cl)cc1C#N. The lowest BCUT2D eigenvalue weighted by molar-refractivity contribution is -0.124. The number of carbonyl (C=O) groups excluding carboxylic acids is 1. The van der Waals surface area contributed by atoms with E-state index in [0.29, 0.717) is 36.9 Å². The Bertz CT molecular complexity index is 556. The van der Waals surface area contributed by atoms with Crippen molar-refractivity contribution < 1.29 is 9.53 Å². The normalized spacial score (nSPS) is 18.1. The molecule has 0 bridgehead atoms. The van der Waals surface area contributed by atoms with Crippen molar-refractivity contribution in [3.63, 3.8) is 0 Å². The molecular formula is C15H18ClN3O2. The standard InChI is InChI=1S/C15H18ClN3O2/c1-2-5-18-15(20)14-10-21-7-6-19(14)13-4-3-12(16)8-11(13)9-17/h3-4,8,14H,2,5-7,10H2,1H3,(H,18,20). The van der Waals surface area contributed by atoms with Gasteiger partial charge in [0, 0.05) is 18.1 Å². The van der Waals surface area contributed by atoms with E-state index in [0.717, 1.165) is 12.1 Å². The molecule has 1 saturated heterocycles. The molecule has 0 saturated carbocycles. The van der Waals surface area contributed by atoms with Gasteiger partial charge in [-0.05, 0) is 24.6 Å². The number of halogens is 1. The second kappa shape index (κ2) is 7.30. The molecule has 0 aliphatic carbocycles. The molecule has 0 spiro atoms. The number of rotatable bonds is 4. The van der Waals surface area contributed by atoms with E-state index < -0.39 is 6.04 Å². The summed E-state index contributed by atoms with van der Waals surface area (Å²) < 4.78 is 5.42. The van der Waals surface area contributed by atoms with E-state index in [1.165, 1.54) is 0 Å². The van der Waals surface area contributed by atoms with Crippen LogP contribution in [0.25, 0.3) is 0 Å². The predicted octanol–water partition coefficient (Wildman–Crippen LogP) is 1.94. The fourth-order valence-electron chi connectivity index (χ4n) is 2.32. The van der Waals surface area contributed by atoms with E-state index in [2.05, 4.69) is 11.4 Å².